The van der Waals surface area contributed by atoms with E-state index in [0.29, 0.717) is 11.4 Å². The Bertz CT molecular complexity index is 529. The molecule has 3 N–H and O–H groups in total. The molecule has 0 bridgehead atoms. The van der Waals surface area contributed by atoms with Crippen LogP contribution in [0, 0.1) is 5.82 Å². The summed E-state index contributed by atoms with van der Waals surface area (Å²) in [7, 11) is 0. The first kappa shape index (κ1) is 11.8. The quantitative estimate of drug-likeness (QED) is 0.639. The molecule has 4 heteroatoms. The van der Waals surface area contributed by atoms with Crippen LogP contribution in [0.3, 0.4) is 0 Å². The lowest BCUT2D eigenvalue weighted by atomic mass is 10.2. The Morgan fingerprint density at radius 1 is 1.12 bits per heavy atom. The lowest BCUT2D eigenvalue weighted by Gasteiger charge is -2.11. The topological polar surface area (TPSA) is 38.0 Å². The fraction of sp³-hybridized carbons (Fsp3) is 0.0769. The second-order valence-electron chi connectivity index (χ2n) is 3.56. The van der Waals surface area contributed by atoms with Crippen molar-refractivity contribution in [1.29, 1.82) is 0 Å². The molecule has 17 heavy (non-hydrogen) atoms. The summed E-state index contributed by atoms with van der Waals surface area (Å²) in [6.45, 7) is 0. The molecule has 2 aromatic carbocycles. The van der Waals surface area contributed by atoms with Crippen molar-refractivity contribution in [3.63, 3.8) is 0 Å². The zero-order valence-corrected chi connectivity index (χ0v) is 10.2. The summed E-state index contributed by atoms with van der Waals surface area (Å²) in [5.74, 6) is -0.346. The molecule has 2 rings (SSSR count). The van der Waals surface area contributed by atoms with E-state index >= 15 is 0 Å². The molecule has 0 heterocycles. The van der Waals surface area contributed by atoms with E-state index < -0.39 is 0 Å². The maximum atomic E-state index is 13.6. The molecule has 0 aliphatic rings. The van der Waals surface area contributed by atoms with Crippen molar-refractivity contribution in [2.75, 3.05) is 17.3 Å². The fourth-order valence-corrected chi connectivity index (χ4v) is 2.08. The summed E-state index contributed by atoms with van der Waals surface area (Å²) in [5, 5.41) is 3.07. The predicted octanol–water partition coefficient (Wildman–Crippen LogP) is 3.87. The molecule has 0 atom stereocenters. The maximum Gasteiger partial charge on any atom is 0.148 e. The van der Waals surface area contributed by atoms with Gasteiger partial charge in [0.25, 0.3) is 0 Å². The number of halogens is 1. The van der Waals surface area contributed by atoms with Crippen molar-refractivity contribution >= 4 is 28.8 Å². The SMILES string of the molecule is CSc1ccccc1Nc1ccc(N)cc1F. The number of rotatable bonds is 3. The molecule has 2 aromatic rings. The minimum Gasteiger partial charge on any atom is -0.399 e. The summed E-state index contributed by atoms with van der Waals surface area (Å²) in [6.07, 6.45) is 1.99. The number of nitrogens with two attached hydrogens (primary N) is 1. The standard InChI is InChI=1S/C13H13FN2S/c1-17-13-5-3-2-4-12(13)16-11-7-6-9(15)8-10(11)14/h2-8,16H,15H2,1H3. The van der Waals surface area contributed by atoms with E-state index in [4.69, 9.17) is 5.73 Å². The molecule has 0 saturated heterocycles. The highest BCUT2D eigenvalue weighted by Crippen LogP contribution is 2.29. The molecule has 0 aliphatic carbocycles. The first-order chi connectivity index (χ1) is 8.20. The number of hydrogen-bond acceptors (Lipinski definition) is 3. The van der Waals surface area contributed by atoms with Gasteiger partial charge in [0.05, 0.1) is 11.4 Å². The van der Waals surface area contributed by atoms with Crippen LogP contribution in [0.2, 0.25) is 0 Å². The van der Waals surface area contributed by atoms with Gasteiger partial charge in [0.1, 0.15) is 5.82 Å². The Balaban J connectivity index is 2.31. The number of hydrogen-bond donors (Lipinski definition) is 2. The van der Waals surface area contributed by atoms with Gasteiger partial charge in [0.15, 0.2) is 0 Å². The van der Waals surface area contributed by atoms with Crippen molar-refractivity contribution in [2.24, 2.45) is 0 Å². The monoisotopic (exact) mass is 248 g/mol. The number of anilines is 3. The zero-order valence-electron chi connectivity index (χ0n) is 9.41. The summed E-state index contributed by atoms with van der Waals surface area (Å²) in [5.41, 5.74) is 7.25. The molecule has 0 saturated carbocycles. The average molecular weight is 248 g/mol. The van der Waals surface area contributed by atoms with Gasteiger partial charge in [-0.05, 0) is 36.6 Å². The van der Waals surface area contributed by atoms with Gasteiger partial charge in [-0.2, -0.15) is 0 Å². The number of para-hydroxylation sites is 1. The van der Waals surface area contributed by atoms with Crippen LogP contribution in [0.4, 0.5) is 21.5 Å². The van der Waals surface area contributed by atoms with Crippen molar-refractivity contribution in [1.82, 2.24) is 0 Å². The van der Waals surface area contributed by atoms with Crippen LogP contribution in [0.15, 0.2) is 47.4 Å². The van der Waals surface area contributed by atoms with E-state index in [1.807, 2.05) is 30.5 Å². The van der Waals surface area contributed by atoms with Crippen LogP contribution in [0.5, 0.6) is 0 Å². The molecule has 0 radical (unpaired) electrons. The van der Waals surface area contributed by atoms with Crippen LogP contribution in [-0.4, -0.2) is 6.26 Å². The molecular formula is C13H13FN2S. The van der Waals surface area contributed by atoms with Gasteiger partial charge in [-0.3, -0.25) is 0 Å². The smallest absolute Gasteiger partial charge is 0.148 e. The Kier molecular flexibility index (Phi) is 3.54. The fourth-order valence-electron chi connectivity index (χ4n) is 1.53. The second kappa shape index (κ2) is 5.10. The molecule has 0 amide bonds. The average Bonchev–Trinajstić information content (AvgIpc) is 2.33. The number of nitrogens with one attached hydrogen (secondary N) is 1. The van der Waals surface area contributed by atoms with Crippen LogP contribution in [0.1, 0.15) is 0 Å². The number of nitrogen functional groups attached to an aromatic ring is 1. The highest BCUT2D eigenvalue weighted by molar-refractivity contribution is 7.98. The normalized spacial score (nSPS) is 10.2. The minimum absolute atomic E-state index is 0.346. The Morgan fingerprint density at radius 3 is 2.59 bits per heavy atom. The Morgan fingerprint density at radius 2 is 1.88 bits per heavy atom. The minimum atomic E-state index is -0.346. The van der Waals surface area contributed by atoms with E-state index in [2.05, 4.69) is 5.32 Å². The molecule has 0 unspecified atom stereocenters. The summed E-state index contributed by atoms with van der Waals surface area (Å²) in [4.78, 5) is 1.07. The Hall–Kier alpha value is -1.68. The lowest BCUT2D eigenvalue weighted by molar-refractivity contribution is 0.632. The predicted molar refractivity (Wildman–Crippen MR) is 72.3 cm³/mol. The highest BCUT2D eigenvalue weighted by Gasteiger charge is 2.05. The second-order valence-corrected chi connectivity index (χ2v) is 4.41. The third-order valence-corrected chi connectivity index (χ3v) is 3.17. The van der Waals surface area contributed by atoms with Gasteiger partial charge in [-0.1, -0.05) is 12.1 Å². The van der Waals surface area contributed by atoms with Crippen molar-refractivity contribution in [3.8, 4) is 0 Å². The van der Waals surface area contributed by atoms with Gasteiger partial charge >= 0.3 is 0 Å². The molecule has 0 fully saturated rings. The lowest BCUT2D eigenvalue weighted by Crippen LogP contribution is -1.96. The molecule has 0 aliphatic heterocycles. The number of benzene rings is 2. The van der Waals surface area contributed by atoms with Gasteiger partial charge in [-0.25, -0.2) is 4.39 Å². The van der Waals surface area contributed by atoms with Crippen molar-refractivity contribution in [3.05, 3.63) is 48.3 Å². The Labute approximate surface area is 104 Å². The van der Waals surface area contributed by atoms with E-state index in [-0.39, 0.29) is 5.82 Å². The summed E-state index contributed by atoms with van der Waals surface area (Å²) >= 11 is 1.61. The van der Waals surface area contributed by atoms with Gasteiger partial charge in [0, 0.05) is 10.6 Å². The van der Waals surface area contributed by atoms with Gasteiger partial charge in [0.2, 0.25) is 0 Å². The highest BCUT2D eigenvalue weighted by atomic mass is 32.2. The molecule has 2 nitrogen and oxygen atoms in total. The van der Waals surface area contributed by atoms with Crippen molar-refractivity contribution < 1.29 is 4.39 Å². The molecule has 0 spiro atoms. The third kappa shape index (κ3) is 2.71. The van der Waals surface area contributed by atoms with Crippen LogP contribution < -0.4 is 11.1 Å². The van der Waals surface area contributed by atoms with E-state index in [0.717, 1.165) is 10.6 Å². The van der Waals surface area contributed by atoms with E-state index in [1.165, 1.54) is 6.07 Å². The zero-order chi connectivity index (χ0) is 12.3. The largest absolute Gasteiger partial charge is 0.399 e. The van der Waals surface area contributed by atoms with E-state index in [1.54, 1.807) is 23.9 Å². The third-order valence-electron chi connectivity index (χ3n) is 2.37. The first-order valence-electron chi connectivity index (χ1n) is 5.16. The summed E-state index contributed by atoms with van der Waals surface area (Å²) < 4.78 is 13.6. The molecular weight excluding hydrogens is 235 g/mol. The first-order valence-corrected chi connectivity index (χ1v) is 6.38. The van der Waals surface area contributed by atoms with Crippen LogP contribution in [0.25, 0.3) is 0 Å². The maximum absolute atomic E-state index is 13.6. The summed E-state index contributed by atoms with van der Waals surface area (Å²) in [6, 6.07) is 12.4. The number of thioether (sulfide) groups is 1. The van der Waals surface area contributed by atoms with Crippen molar-refractivity contribution in [2.45, 2.75) is 4.90 Å². The van der Waals surface area contributed by atoms with E-state index in [9.17, 15) is 4.39 Å². The van der Waals surface area contributed by atoms with Gasteiger partial charge in [-0.15, -0.1) is 11.8 Å². The van der Waals surface area contributed by atoms with Crippen LogP contribution in [-0.2, 0) is 0 Å². The van der Waals surface area contributed by atoms with Gasteiger partial charge < -0.3 is 11.1 Å². The molecule has 0 aromatic heterocycles. The molecule has 88 valence electrons. The van der Waals surface area contributed by atoms with Crippen LogP contribution >= 0.6 is 11.8 Å².